The topological polar surface area (TPSA) is 34.1 Å². The molecule has 1 N–H and O–H groups in total. The number of nitrogens with zero attached hydrogens (tertiary/aromatic N) is 1. The third kappa shape index (κ3) is 4.58. The second-order valence-corrected chi connectivity index (χ2v) is 5.49. The van der Waals surface area contributed by atoms with E-state index in [9.17, 15) is 0 Å². The zero-order valence-corrected chi connectivity index (χ0v) is 12.4. The normalized spacial score (nSPS) is 11.3. The molecule has 2 rings (SSSR count). The van der Waals surface area contributed by atoms with Crippen LogP contribution in [0, 0.1) is 5.92 Å². The average molecular weight is 272 g/mol. The molecule has 0 unspecified atom stereocenters. The minimum Gasteiger partial charge on any atom is -0.381 e. The summed E-state index contributed by atoms with van der Waals surface area (Å²) in [5.74, 6) is 0.615. The Morgan fingerprint density at radius 3 is 2.90 bits per heavy atom. The fourth-order valence-corrected chi connectivity index (χ4v) is 2.15. The quantitative estimate of drug-likeness (QED) is 0.748. The Morgan fingerprint density at radius 1 is 1.20 bits per heavy atom. The van der Waals surface area contributed by atoms with E-state index >= 15 is 0 Å². The molecule has 0 spiro atoms. The van der Waals surface area contributed by atoms with Crippen molar-refractivity contribution in [3.8, 4) is 0 Å². The van der Waals surface area contributed by atoms with Crippen molar-refractivity contribution in [3.05, 3.63) is 42.1 Å². The number of para-hydroxylation sites is 1. The van der Waals surface area contributed by atoms with Crippen LogP contribution in [0.2, 0.25) is 0 Å². The van der Waals surface area contributed by atoms with Crippen LogP contribution >= 0.6 is 0 Å². The van der Waals surface area contributed by atoms with Crippen molar-refractivity contribution >= 4 is 10.9 Å². The Labute approximate surface area is 121 Å². The van der Waals surface area contributed by atoms with Crippen LogP contribution in [-0.4, -0.2) is 24.7 Å². The van der Waals surface area contributed by atoms with Crippen molar-refractivity contribution in [2.24, 2.45) is 5.92 Å². The summed E-state index contributed by atoms with van der Waals surface area (Å²) in [5, 5.41) is 4.66. The van der Waals surface area contributed by atoms with E-state index in [4.69, 9.17) is 4.74 Å². The molecule has 0 amide bonds. The van der Waals surface area contributed by atoms with E-state index < -0.39 is 0 Å². The van der Waals surface area contributed by atoms with Crippen LogP contribution < -0.4 is 5.32 Å². The van der Waals surface area contributed by atoms with Gasteiger partial charge in [0.25, 0.3) is 0 Å². The Morgan fingerprint density at radius 2 is 2.05 bits per heavy atom. The number of nitrogens with one attached hydrogen (secondary N) is 1. The molecule has 0 bridgehead atoms. The highest BCUT2D eigenvalue weighted by Gasteiger charge is 2.01. The van der Waals surface area contributed by atoms with Gasteiger partial charge in [-0.2, -0.15) is 0 Å². The standard InChI is InChI=1S/C17H24N2O/c1-14(2)13-20-11-5-9-18-12-16-7-3-6-15-8-4-10-19-17(15)16/h3-4,6-8,10,14,18H,5,9,11-13H2,1-2H3. The van der Waals surface area contributed by atoms with Gasteiger partial charge >= 0.3 is 0 Å². The number of benzene rings is 1. The molecule has 2 aromatic rings. The van der Waals surface area contributed by atoms with E-state index in [2.05, 4.69) is 48.4 Å². The van der Waals surface area contributed by atoms with E-state index in [1.807, 2.05) is 12.3 Å². The monoisotopic (exact) mass is 272 g/mol. The molecular formula is C17H24N2O. The summed E-state index contributed by atoms with van der Waals surface area (Å²) in [6, 6.07) is 10.4. The Kier molecular flexibility index (Phi) is 5.96. The SMILES string of the molecule is CC(C)COCCCNCc1cccc2cccnc12. The van der Waals surface area contributed by atoms with Crippen molar-refractivity contribution < 1.29 is 4.74 Å². The number of hydrogen-bond acceptors (Lipinski definition) is 3. The molecular weight excluding hydrogens is 248 g/mol. The van der Waals surface area contributed by atoms with Gasteiger partial charge in [0.15, 0.2) is 0 Å². The second-order valence-electron chi connectivity index (χ2n) is 5.49. The highest BCUT2D eigenvalue weighted by molar-refractivity contribution is 5.81. The predicted octanol–water partition coefficient (Wildman–Crippen LogP) is 3.39. The largest absolute Gasteiger partial charge is 0.381 e. The Hall–Kier alpha value is -1.45. The first-order valence-corrected chi connectivity index (χ1v) is 7.38. The maximum atomic E-state index is 5.57. The minimum atomic E-state index is 0.615. The molecule has 0 atom stereocenters. The first kappa shape index (κ1) is 14.9. The van der Waals surface area contributed by atoms with Crippen molar-refractivity contribution in [1.82, 2.24) is 10.3 Å². The third-order valence-corrected chi connectivity index (χ3v) is 3.13. The van der Waals surface area contributed by atoms with E-state index in [0.717, 1.165) is 38.2 Å². The molecule has 0 saturated heterocycles. The first-order valence-electron chi connectivity index (χ1n) is 7.38. The summed E-state index contributed by atoms with van der Waals surface area (Å²) >= 11 is 0. The molecule has 1 heterocycles. The van der Waals surface area contributed by atoms with Gasteiger partial charge < -0.3 is 10.1 Å². The van der Waals surface area contributed by atoms with Crippen LogP contribution in [0.25, 0.3) is 10.9 Å². The van der Waals surface area contributed by atoms with Crippen LogP contribution in [0.1, 0.15) is 25.8 Å². The zero-order valence-electron chi connectivity index (χ0n) is 12.4. The first-order chi connectivity index (χ1) is 9.77. The van der Waals surface area contributed by atoms with Gasteiger partial charge in [0, 0.05) is 31.3 Å². The fraction of sp³-hybridized carbons (Fsp3) is 0.471. The van der Waals surface area contributed by atoms with E-state index in [0.29, 0.717) is 5.92 Å². The molecule has 0 aliphatic carbocycles. The van der Waals surface area contributed by atoms with Gasteiger partial charge in [0.2, 0.25) is 0 Å². The molecule has 0 radical (unpaired) electrons. The average Bonchev–Trinajstić information content (AvgIpc) is 2.46. The third-order valence-electron chi connectivity index (χ3n) is 3.13. The number of ether oxygens (including phenoxy) is 1. The number of fused-ring (bicyclic) bond motifs is 1. The smallest absolute Gasteiger partial charge is 0.0746 e. The lowest BCUT2D eigenvalue weighted by atomic mass is 10.1. The van der Waals surface area contributed by atoms with Crippen LogP contribution in [0.15, 0.2) is 36.5 Å². The summed E-state index contributed by atoms with van der Waals surface area (Å²) < 4.78 is 5.57. The Bertz CT molecular complexity index is 520. The lowest BCUT2D eigenvalue weighted by Gasteiger charge is -2.09. The summed E-state index contributed by atoms with van der Waals surface area (Å²) in [6.07, 6.45) is 2.90. The van der Waals surface area contributed by atoms with E-state index in [1.165, 1.54) is 10.9 Å². The van der Waals surface area contributed by atoms with E-state index in [-0.39, 0.29) is 0 Å². The molecule has 3 heteroatoms. The Balaban J connectivity index is 1.73. The van der Waals surface area contributed by atoms with Gasteiger partial charge in [-0.15, -0.1) is 0 Å². The predicted molar refractivity (Wildman–Crippen MR) is 83.7 cm³/mol. The number of aromatic nitrogens is 1. The second kappa shape index (κ2) is 7.98. The van der Waals surface area contributed by atoms with Gasteiger partial charge in [0.1, 0.15) is 0 Å². The van der Waals surface area contributed by atoms with Gasteiger partial charge in [-0.05, 0) is 30.5 Å². The van der Waals surface area contributed by atoms with Crippen molar-refractivity contribution in [3.63, 3.8) is 0 Å². The molecule has 1 aromatic carbocycles. The summed E-state index contributed by atoms with van der Waals surface area (Å²) in [5.41, 5.74) is 2.35. The van der Waals surface area contributed by atoms with Gasteiger partial charge in [-0.25, -0.2) is 0 Å². The van der Waals surface area contributed by atoms with E-state index in [1.54, 1.807) is 0 Å². The number of hydrogen-bond donors (Lipinski definition) is 1. The number of rotatable bonds is 8. The highest BCUT2D eigenvalue weighted by Crippen LogP contribution is 2.15. The molecule has 0 fully saturated rings. The lowest BCUT2D eigenvalue weighted by Crippen LogP contribution is -2.17. The highest BCUT2D eigenvalue weighted by atomic mass is 16.5. The van der Waals surface area contributed by atoms with Crippen LogP contribution in [0.5, 0.6) is 0 Å². The molecule has 3 nitrogen and oxygen atoms in total. The maximum absolute atomic E-state index is 5.57. The van der Waals surface area contributed by atoms with Crippen molar-refractivity contribution in [2.75, 3.05) is 19.8 Å². The maximum Gasteiger partial charge on any atom is 0.0746 e. The van der Waals surface area contributed by atoms with Crippen molar-refractivity contribution in [1.29, 1.82) is 0 Å². The van der Waals surface area contributed by atoms with Crippen LogP contribution in [-0.2, 0) is 11.3 Å². The fourth-order valence-electron chi connectivity index (χ4n) is 2.15. The van der Waals surface area contributed by atoms with Gasteiger partial charge in [0.05, 0.1) is 5.52 Å². The molecule has 20 heavy (non-hydrogen) atoms. The lowest BCUT2D eigenvalue weighted by molar-refractivity contribution is 0.108. The number of pyridine rings is 1. The van der Waals surface area contributed by atoms with Crippen LogP contribution in [0.4, 0.5) is 0 Å². The molecule has 0 saturated carbocycles. The zero-order chi connectivity index (χ0) is 14.2. The van der Waals surface area contributed by atoms with Gasteiger partial charge in [-0.1, -0.05) is 38.1 Å². The summed E-state index contributed by atoms with van der Waals surface area (Å²) in [6.45, 7) is 7.86. The molecule has 0 aliphatic heterocycles. The van der Waals surface area contributed by atoms with Crippen LogP contribution in [0.3, 0.4) is 0 Å². The molecule has 108 valence electrons. The minimum absolute atomic E-state index is 0.615. The summed E-state index contributed by atoms with van der Waals surface area (Å²) in [4.78, 5) is 4.46. The van der Waals surface area contributed by atoms with Crippen molar-refractivity contribution in [2.45, 2.75) is 26.8 Å². The summed E-state index contributed by atoms with van der Waals surface area (Å²) in [7, 11) is 0. The van der Waals surface area contributed by atoms with Gasteiger partial charge in [-0.3, -0.25) is 4.98 Å². The molecule has 0 aliphatic rings. The molecule has 1 aromatic heterocycles.